The van der Waals surface area contributed by atoms with Gasteiger partial charge in [0.1, 0.15) is 0 Å². The molecule has 1 aromatic carbocycles. The SMILES string of the molecule is CCN(CC)C(C)N1C2=NCCN2c2ccccc21. The average Bonchev–Trinajstić information content (AvgIpc) is 2.99. The Morgan fingerprint density at radius 3 is 2.58 bits per heavy atom. The van der Waals surface area contributed by atoms with Crippen molar-refractivity contribution in [3.05, 3.63) is 24.3 Å². The molecule has 0 spiro atoms. The van der Waals surface area contributed by atoms with Crippen molar-refractivity contribution in [3.8, 4) is 0 Å². The van der Waals surface area contributed by atoms with Crippen molar-refractivity contribution >= 4 is 17.3 Å². The van der Waals surface area contributed by atoms with Crippen LogP contribution in [0, 0.1) is 0 Å². The van der Waals surface area contributed by atoms with E-state index in [2.05, 4.69) is 59.7 Å². The summed E-state index contributed by atoms with van der Waals surface area (Å²) in [6.45, 7) is 10.7. The Morgan fingerprint density at radius 2 is 1.89 bits per heavy atom. The molecule has 0 bridgehead atoms. The molecule has 4 heteroatoms. The number of hydrogen-bond acceptors (Lipinski definition) is 4. The van der Waals surface area contributed by atoms with Gasteiger partial charge in [0.05, 0.1) is 24.1 Å². The van der Waals surface area contributed by atoms with Gasteiger partial charge in [-0.15, -0.1) is 0 Å². The number of anilines is 2. The molecular weight excluding hydrogens is 236 g/mol. The van der Waals surface area contributed by atoms with Crippen LogP contribution in [0.4, 0.5) is 11.4 Å². The van der Waals surface area contributed by atoms with E-state index >= 15 is 0 Å². The fourth-order valence-corrected chi connectivity index (χ4v) is 3.16. The van der Waals surface area contributed by atoms with Crippen molar-refractivity contribution in [1.29, 1.82) is 0 Å². The largest absolute Gasteiger partial charge is 0.308 e. The molecule has 0 radical (unpaired) electrons. The van der Waals surface area contributed by atoms with Gasteiger partial charge in [0.2, 0.25) is 5.96 Å². The standard InChI is InChI=1S/C15H22N4/c1-4-17(5-2)12(3)19-14-9-7-6-8-13(14)18-11-10-16-15(18)19/h6-9,12H,4-5,10-11H2,1-3H3. The highest BCUT2D eigenvalue weighted by atomic mass is 15.5. The number of hydrogen-bond donors (Lipinski definition) is 0. The second kappa shape index (κ2) is 4.85. The van der Waals surface area contributed by atoms with Crippen LogP contribution in [0.3, 0.4) is 0 Å². The van der Waals surface area contributed by atoms with Crippen molar-refractivity contribution in [2.24, 2.45) is 4.99 Å². The maximum atomic E-state index is 4.71. The van der Waals surface area contributed by atoms with Gasteiger partial charge in [0.15, 0.2) is 0 Å². The summed E-state index contributed by atoms with van der Waals surface area (Å²) in [7, 11) is 0. The smallest absolute Gasteiger partial charge is 0.207 e. The van der Waals surface area contributed by atoms with Crippen LogP contribution in [-0.2, 0) is 0 Å². The second-order valence-corrected chi connectivity index (χ2v) is 5.05. The highest BCUT2D eigenvalue weighted by molar-refractivity contribution is 6.17. The summed E-state index contributed by atoms with van der Waals surface area (Å²) < 4.78 is 0. The quantitative estimate of drug-likeness (QED) is 0.828. The third-order valence-electron chi connectivity index (χ3n) is 4.18. The zero-order valence-electron chi connectivity index (χ0n) is 12.0. The molecule has 4 nitrogen and oxygen atoms in total. The molecule has 19 heavy (non-hydrogen) atoms. The van der Waals surface area contributed by atoms with Crippen LogP contribution in [0.25, 0.3) is 0 Å². The second-order valence-electron chi connectivity index (χ2n) is 5.05. The lowest BCUT2D eigenvalue weighted by Crippen LogP contribution is -2.50. The van der Waals surface area contributed by atoms with Gasteiger partial charge in [0.25, 0.3) is 0 Å². The van der Waals surface area contributed by atoms with Crippen molar-refractivity contribution < 1.29 is 0 Å². The molecule has 0 fully saturated rings. The normalized spacial score (nSPS) is 18.6. The van der Waals surface area contributed by atoms with Crippen LogP contribution in [0.15, 0.2) is 29.3 Å². The highest BCUT2D eigenvalue weighted by Crippen LogP contribution is 2.39. The summed E-state index contributed by atoms with van der Waals surface area (Å²) in [5, 5.41) is 0. The first-order chi connectivity index (χ1) is 9.27. The van der Waals surface area contributed by atoms with E-state index < -0.39 is 0 Å². The zero-order chi connectivity index (χ0) is 13.4. The first-order valence-corrected chi connectivity index (χ1v) is 7.22. The van der Waals surface area contributed by atoms with E-state index in [-0.39, 0.29) is 0 Å². The lowest BCUT2D eigenvalue weighted by molar-refractivity contribution is 0.238. The summed E-state index contributed by atoms with van der Waals surface area (Å²) >= 11 is 0. The Balaban J connectivity index is 2.00. The number of rotatable bonds is 4. The van der Waals surface area contributed by atoms with Gasteiger partial charge in [-0.2, -0.15) is 0 Å². The first-order valence-electron chi connectivity index (χ1n) is 7.22. The molecule has 0 aromatic heterocycles. The molecule has 1 aromatic rings. The minimum atomic E-state index is 0.345. The fraction of sp³-hybridized carbons (Fsp3) is 0.533. The van der Waals surface area contributed by atoms with E-state index in [4.69, 9.17) is 4.99 Å². The molecule has 1 atom stereocenters. The van der Waals surface area contributed by atoms with Crippen molar-refractivity contribution in [2.45, 2.75) is 26.9 Å². The van der Waals surface area contributed by atoms with Crippen LogP contribution in [0.5, 0.6) is 0 Å². The van der Waals surface area contributed by atoms with E-state index in [9.17, 15) is 0 Å². The van der Waals surface area contributed by atoms with Crippen molar-refractivity contribution in [1.82, 2.24) is 4.90 Å². The lowest BCUT2D eigenvalue weighted by Gasteiger charge is -2.35. The molecule has 2 aliphatic heterocycles. The van der Waals surface area contributed by atoms with Crippen LogP contribution in [-0.4, -0.2) is 43.2 Å². The van der Waals surface area contributed by atoms with Gasteiger partial charge in [0, 0.05) is 6.54 Å². The minimum absolute atomic E-state index is 0.345. The Bertz CT molecular complexity index is 493. The molecule has 2 aliphatic rings. The van der Waals surface area contributed by atoms with E-state index in [0.29, 0.717) is 6.17 Å². The molecule has 0 saturated carbocycles. The number of benzene rings is 1. The summed E-state index contributed by atoms with van der Waals surface area (Å²) in [5.74, 6) is 1.13. The van der Waals surface area contributed by atoms with Crippen LogP contribution >= 0.6 is 0 Å². The minimum Gasteiger partial charge on any atom is -0.308 e. The number of fused-ring (bicyclic) bond motifs is 3. The maximum Gasteiger partial charge on any atom is 0.207 e. The molecule has 0 saturated heterocycles. The third-order valence-corrected chi connectivity index (χ3v) is 4.18. The molecular formula is C15H22N4. The van der Waals surface area contributed by atoms with Gasteiger partial charge >= 0.3 is 0 Å². The molecule has 0 amide bonds. The van der Waals surface area contributed by atoms with Gasteiger partial charge < -0.3 is 4.90 Å². The first kappa shape index (κ1) is 12.5. The van der Waals surface area contributed by atoms with Gasteiger partial charge in [-0.25, -0.2) is 0 Å². The summed E-state index contributed by atoms with van der Waals surface area (Å²) in [5.41, 5.74) is 2.60. The Labute approximate surface area is 115 Å². The van der Waals surface area contributed by atoms with E-state index in [1.54, 1.807) is 0 Å². The number of aliphatic imine (C=N–C) groups is 1. The summed E-state index contributed by atoms with van der Waals surface area (Å²) in [4.78, 5) is 11.9. The summed E-state index contributed by atoms with van der Waals surface area (Å²) in [6, 6.07) is 8.63. The van der Waals surface area contributed by atoms with E-state index in [1.165, 1.54) is 11.4 Å². The molecule has 3 rings (SSSR count). The molecule has 1 unspecified atom stereocenters. The van der Waals surface area contributed by atoms with Crippen molar-refractivity contribution in [3.63, 3.8) is 0 Å². The molecule has 2 heterocycles. The maximum absolute atomic E-state index is 4.71. The van der Waals surface area contributed by atoms with Gasteiger partial charge in [-0.1, -0.05) is 26.0 Å². The number of guanidine groups is 1. The Hall–Kier alpha value is -1.55. The number of nitrogens with zero attached hydrogens (tertiary/aromatic N) is 4. The van der Waals surface area contributed by atoms with E-state index in [0.717, 1.165) is 32.1 Å². The molecule has 0 aliphatic carbocycles. The topological polar surface area (TPSA) is 22.1 Å². The van der Waals surface area contributed by atoms with E-state index in [1.807, 2.05) is 0 Å². The number of para-hydroxylation sites is 2. The van der Waals surface area contributed by atoms with Crippen LogP contribution < -0.4 is 9.80 Å². The molecule has 0 N–H and O–H groups in total. The average molecular weight is 258 g/mol. The van der Waals surface area contributed by atoms with Crippen molar-refractivity contribution in [2.75, 3.05) is 36.0 Å². The Morgan fingerprint density at radius 1 is 1.21 bits per heavy atom. The monoisotopic (exact) mass is 258 g/mol. The molecule has 102 valence electrons. The zero-order valence-corrected chi connectivity index (χ0v) is 12.0. The fourth-order valence-electron chi connectivity index (χ4n) is 3.16. The van der Waals surface area contributed by atoms with Gasteiger partial charge in [-0.05, 0) is 32.1 Å². The van der Waals surface area contributed by atoms with Gasteiger partial charge in [-0.3, -0.25) is 14.8 Å². The lowest BCUT2D eigenvalue weighted by atomic mass is 10.2. The highest BCUT2D eigenvalue weighted by Gasteiger charge is 2.38. The predicted molar refractivity (Wildman–Crippen MR) is 81.0 cm³/mol. The third kappa shape index (κ3) is 1.82. The van der Waals surface area contributed by atoms with Crippen LogP contribution in [0.2, 0.25) is 0 Å². The summed E-state index contributed by atoms with van der Waals surface area (Å²) in [6.07, 6.45) is 0.345. The van der Waals surface area contributed by atoms with Crippen LogP contribution in [0.1, 0.15) is 20.8 Å². The Kier molecular flexibility index (Phi) is 3.19. The predicted octanol–water partition coefficient (Wildman–Crippen LogP) is 2.37.